The van der Waals surface area contributed by atoms with Gasteiger partial charge in [-0.1, -0.05) is 36.4 Å². The van der Waals surface area contributed by atoms with E-state index in [-0.39, 0.29) is 17.1 Å². The molecule has 1 atom stereocenters. The van der Waals surface area contributed by atoms with Gasteiger partial charge >= 0.3 is 0 Å². The van der Waals surface area contributed by atoms with Crippen molar-refractivity contribution in [3.05, 3.63) is 90.0 Å². The van der Waals surface area contributed by atoms with E-state index in [4.69, 9.17) is 5.73 Å². The number of rotatable bonds is 8. The zero-order chi connectivity index (χ0) is 22.2. The Morgan fingerprint density at radius 1 is 0.871 bits per heavy atom. The quantitative estimate of drug-likeness (QED) is 0.466. The van der Waals surface area contributed by atoms with Crippen molar-refractivity contribution < 1.29 is 14.4 Å². The second-order valence-electron chi connectivity index (χ2n) is 6.93. The summed E-state index contributed by atoms with van der Waals surface area (Å²) in [5.41, 5.74) is 7.82. The molecule has 1 unspecified atom stereocenters. The van der Waals surface area contributed by atoms with Gasteiger partial charge in [-0.15, -0.1) is 11.8 Å². The zero-order valence-electron chi connectivity index (χ0n) is 17.0. The first-order valence-electron chi connectivity index (χ1n) is 9.72. The number of carbonyl (C=O) groups excluding carboxylic acids is 3. The Hall–Kier alpha value is -3.58. The maximum Gasteiger partial charge on any atom is 0.248 e. The standard InChI is InChI=1S/C24H23N3O3S/c1-16(24(30)27-19-12-10-18(11-13-19)23(25)29)31-21-9-5-8-20(15-21)26-22(28)14-17-6-3-2-4-7-17/h2-13,15-16H,14H2,1H3,(H2,25,29)(H,26,28)(H,27,30). The molecule has 0 bridgehead atoms. The van der Waals surface area contributed by atoms with Crippen molar-refractivity contribution in [2.45, 2.75) is 23.5 Å². The van der Waals surface area contributed by atoms with Gasteiger partial charge in [-0.05, 0) is 55.0 Å². The number of hydrogen-bond donors (Lipinski definition) is 3. The molecular weight excluding hydrogens is 410 g/mol. The van der Waals surface area contributed by atoms with Crippen molar-refractivity contribution in [3.8, 4) is 0 Å². The van der Waals surface area contributed by atoms with E-state index in [1.54, 1.807) is 31.2 Å². The van der Waals surface area contributed by atoms with Crippen LogP contribution in [0.4, 0.5) is 11.4 Å². The molecule has 0 spiro atoms. The molecule has 0 fully saturated rings. The smallest absolute Gasteiger partial charge is 0.248 e. The molecule has 31 heavy (non-hydrogen) atoms. The zero-order valence-corrected chi connectivity index (χ0v) is 17.8. The van der Waals surface area contributed by atoms with Crippen LogP contribution in [0.3, 0.4) is 0 Å². The molecule has 0 aliphatic rings. The second-order valence-corrected chi connectivity index (χ2v) is 8.34. The lowest BCUT2D eigenvalue weighted by Gasteiger charge is -2.13. The fraction of sp³-hybridized carbons (Fsp3) is 0.125. The van der Waals surface area contributed by atoms with Gasteiger partial charge in [0, 0.05) is 21.8 Å². The SMILES string of the molecule is CC(Sc1cccc(NC(=O)Cc2ccccc2)c1)C(=O)Nc1ccc(C(N)=O)cc1. The maximum atomic E-state index is 12.5. The third kappa shape index (κ3) is 6.72. The molecule has 0 aliphatic heterocycles. The molecule has 0 saturated carbocycles. The highest BCUT2D eigenvalue weighted by molar-refractivity contribution is 8.00. The molecule has 4 N–H and O–H groups in total. The van der Waals surface area contributed by atoms with E-state index in [9.17, 15) is 14.4 Å². The summed E-state index contributed by atoms with van der Waals surface area (Å²) in [7, 11) is 0. The van der Waals surface area contributed by atoms with E-state index in [0.29, 0.717) is 23.4 Å². The van der Waals surface area contributed by atoms with E-state index >= 15 is 0 Å². The van der Waals surface area contributed by atoms with Crippen molar-refractivity contribution in [1.82, 2.24) is 0 Å². The molecule has 3 aromatic carbocycles. The van der Waals surface area contributed by atoms with E-state index in [1.807, 2.05) is 54.6 Å². The summed E-state index contributed by atoms with van der Waals surface area (Å²) in [6.07, 6.45) is 0.297. The second kappa shape index (κ2) is 10.4. The van der Waals surface area contributed by atoms with Crippen LogP contribution in [0, 0.1) is 0 Å². The Labute approximate surface area is 185 Å². The fourth-order valence-corrected chi connectivity index (χ4v) is 3.78. The molecule has 3 aromatic rings. The highest BCUT2D eigenvalue weighted by Gasteiger charge is 2.15. The molecule has 158 valence electrons. The number of thioether (sulfide) groups is 1. The van der Waals surface area contributed by atoms with Crippen LogP contribution in [0.2, 0.25) is 0 Å². The van der Waals surface area contributed by atoms with Gasteiger partial charge in [0.2, 0.25) is 17.7 Å². The molecule has 0 heterocycles. The summed E-state index contributed by atoms with van der Waals surface area (Å²) in [4.78, 5) is 36.8. The van der Waals surface area contributed by atoms with E-state index in [2.05, 4.69) is 10.6 Å². The lowest BCUT2D eigenvalue weighted by atomic mass is 10.1. The number of anilines is 2. The largest absolute Gasteiger partial charge is 0.366 e. The molecule has 3 rings (SSSR count). The molecule has 6 nitrogen and oxygen atoms in total. The van der Waals surface area contributed by atoms with Crippen LogP contribution in [-0.4, -0.2) is 23.0 Å². The van der Waals surface area contributed by atoms with E-state index in [1.165, 1.54) is 11.8 Å². The number of nitrogens with two attached hydrogens (primary N) is 1. The minimum Gasteiger partial charge on any atom is -0.366 e. The third-order valence-corrected chi connectivity index (χ3v) is 5.54. The van der Waals surface area contributed by atoms with Crippen molar-refractivity contribution in [1.29, 1.82) is 0 Å². The van der Waals surface area contributed by atoms with E-state index < -0.39 is 5.91 Å². The monoisotopic (exact) mass is 433 g/mol. The summed E-state index contributed by atoms with van der Waals surface area (Å²) >= 11 is 1.39. The molecule has 7 heteroatoms. The first-order chi connectivity index (χ1) is 14.9. The summed E-state index contributed by atoms with van der Waals surface area (Å²) in [6.45, 7) is 1.80. The minimum absolute atomic E-state index is 0.0986. The molecule has 0 saturated heterocycles. The Balaban J connectivity index is 1.56. The maximum absolute atomic E-state index is 12.5. The number of hydrogen-bond acceptors (Lipinski definition) is 4. The number of amides is 3. The average Bonchev–Trinajstić information content (AvgIpc) is 2.75. The summed E-state index contributed by atoms with van der Waals surface area (Å²) in [5, 5.41) is 5.35. The number of primary amides is 1. The first kappa shape index (κ1) is 22.1. The average molecular weight is 434 g/mol. The van der Waals surface area contributed by atoms with Crippen molar-refractivity contribution >= 4 is 40.9 Å². The van der Waals surface area contributed by atoms with Crippen LogP contribution in [0.1, 0.15) is 22.8 Å². The van der Waals surface area contributed by atoms with Gasteiger partial charge in [0.1, 0.15) is 0 Å². The fourth-order valence-electron chi connectivity index (χ4n) is 2.85. The lowest BCUT2D eigenvalue weighted by molar-refractivity contribution is -0.116. The van der Waals surface area contributed by atoms with Crippen LogP contribution < -0.4 is 16.4 Å². The first-order valence-corrected chi connectivity index (χ1v) is 10.6. The molecule has 3 amide bonds. The Morgan fingerprint density at radius 3 is 2.26 bits per heavy atom. The van der Waals surface area contributed by atoms with Crippen LogP contribution in [0.5, 0.6) is 0 Å². The Bertz CT molecular complexity index is 1070. The summed E-state index contributed by atoms with van der Waals surface area (Å²) < 4.78 is 0. The molecule has 0 radical (unpaired) electrons. The molecule has 0 aliphatic carbocycles. The molecular formula is C24H23N3O3S. The summed E-state index contributed by atoms with van der Waals surface area (Å²) in [6, 6.07) is 23.3. The number of nitrogens with one attached hydrogen (secondary N) is 2. The van der Waals surface area contributed by atoms with Gasteiger partial charge < -0.3 is 16.4 Å². The summed E-state index contributed by atoms with van der Waals surface area (Å²) in [5.74, 6) is -0.786. The van der Waals surface area contributed by atoms with Crippen molar-refractivity contribution in [2.24, 2.45) is 5.73 Å². The van der Waals surface area contributed by atoms with Crippen LogP contribution in [-0.2, 0) is 16.0 Å². The Kier molecular flexibility index (Phi) is 7.45. The van der Waals surface area contributed by atoms with Crippen LogP contribution in [0.15, 0.2) is 83.8 Å². The van der Waals surface area contributed by atoms with E-state index in [0.717, 1.165) is 10.5 Å². The third-order valence-electron chi connectivity index (χ3n) is 4.44. The minimum atomic E-state index is -0.516. The van der Waals surface area contributed by atoms with Gasteiger partial charge in [-0.3, -0.25) is 14.4 Å². The van der Waals surface area contributed by atoms with Crippen molar-refractivity contribution in [2.75, 3.05) is 10.6 Å². The predicted molar refractivity (Wildman–Crippen MR) is 124 cm³/mol. The van der Waals surface area contributed by atoms with Gasteiger partial charge in [0.25, 0.3) is 0 Å². The highest BCUT2D eigenvalue weighted by Crippen LogP contribution is 2.27. The normalized spacial score (nSPS) is 11.4. The van der Waals surface area contributed by atoms with Gasteiger partial charge in [-0.2, -0.15) is 0 Å². The molecule has 0 aromatic heterocycles. The predicted octanol–water partition coefficient (Wildman–Crippen LogP) is 4.09. The van der Waals surface area contributed by atoms with Gasteiger partial charge in [-0.25, -0.2) is 0 Å². The topological polar surface area (TPSA) is 101 Å². The lowest BCUT2D eigenvalue weighted by Crippen LogP contribution is -2.22. The van der Waals surface area contributed by atoms with Crippen molar-refractivity contribution in [3.63, 3.8) is 0 Å². The number of benzene rings is 3. The van der Waals surface area contributed by atoms with Gasteiger partial charge in [0.15, 0.2) is 0 Å². The highest BCUT2D eigenvalue weighted by atomic mass is 32.2. The Morgan fingerprint density at radius 2 is 1.58 bits per heavy atom. The van der Waals surface area contributed by atoms with Crippen LogP contribution in [0.25, 0.3) is 0 Å². The van der Waals surface area contributed by atoms with Crippen LogP contribution >= 0.6 is 11.8 Å². The van der Waals surface area contributed by atoms with Gasteiger partial charge in [0.05, 0.1) is 11.7 Å². The number of carbonyl (C=O) groups is 3.